The number of hydrogen-bond donors (Lipinski definition) is 4. The number of aliphatic hydroxyl groups is 1. The van der Waals surface area contributed by atoms with Crippen molar-refractivity contribution in [3.63, 3.8) is 0 Å². The number of alkyl halides is 2. The molecule has 3 aliphatic heterocycles. The van der Waals surface area contributed by atoms with Gasteiger partial charge in [0.05, 0.1) is 30.0 Å². The number of phenolic OH excluding ortho intramolecular Hbond substituents is 1. The number of aromatic nitrogens is 2. The van der Waals surface area contributed by atoms with Crippen molar-refractivity contribution in [2.75, 3.05) is 40.4 Å². The van der Waals surface area contributed by atoms with Crippen LogP contribution in [0.2, 0.25) is 0 Å². The Morgan fingerprint density at radius 1 is 1.09 bits per heavy atom. The van der Waals surface area contributed by atoms with Gasteiger partial charge in [-0.05, 0) is 104 Å². The van der Waals surface area contributed by atoms with E-state index < -0.39 is 71.1 Å². The standard InChI is InChI=1S/C52H63F2N7O9/c1-9-60-42-15-14-33-26-38(42)39(46(60)37-12-10-19-55-44(37)31(4)69-8)27-51(5,6)29-70-50(67)40-13-11-20-61(57-40)49(66)41(24-32-22-35(33)25-36(62)23-32)56-47(64)45(30(2)3)58(7)48(65)34-17-21-59(28-34)43(63)16-18-52(53,54)68/h10,12,14-15,19,22-23,25-26,30-31,34,40-41,45,57,62,68H,9,11,13,17,20-21,24,27-29H2,1-8H3,(H,56,64)/t31-,34-,40-,41-,45?/m0/s1. The summed E-state index contributed by atoms with van der Waals surface area (Å²) in [5, 5.41) is 25.2. The number of carbonyl (C=O) groups is 5. The number of hydrazine groups is 1. The first kappa shape index (κ1) is 51.4. The molecule has 5 atom stereocenters. The number of methoxy groups -OCH3 is 1. The number of aryl methyl sites for hydroxylation is 1. The van der Waals surface area contributed by atoms with Crippen LogP contribution in [0.3, 0.4) is 0 Å². The maximum Gasteiger partial charge on any atom is 0.421 e. The van der Waals surface area contributed by atoms with Crippen LogP contribution in [0.4, 0.5) is 8.78 Å². The Balaban J connectivity index is 1.27. The number of esters is 1. The topological polar surface area (TPSA) is 196 Å². The van der Waals surface area contributed by atoms with Gasteiger partial charge in [-0.25, -0.2) is 5.43 Å². The lowest BCUT2D eigenvalue weighted by Crippen LogP contribution is -2.62. The average molecular weight is 968 g/mol. The average Bonchev–Trinajstić information content (AvgIpc) is 3.93. The summed E-state index contributed by atoms with van der Waals surface area (Å²) in [4.78, 5) is 76.8. The molecule has 2 saturated heterocycles. The van der Waals surface area contributed by atoms with Gasteiger partial charge in [-0.2, -0.15) is 8.78 Å². The second-order valence-corrected chi connectivity index (χ2v) is 19.7. The number of phenols is 1. The van der Waals surface area contributed by atoms with Crippen molar-refractivity contribution in [2.45, 2.75) is 111 Å². The molecular weight excluding hydrogens is 905 g/mol. The fourth-order valence-corrected chi connectivity index (χ4v) is 10.0. The van der Waals surface area contributed by atoms with Crippen molar-refractivity contribution in [3.05, 3.63) is 71.5 Å². The van der Waals surface area contributed by atoms with E-state index in [0.29, 0.717) is 36.9 Å². The van der Waals surface area contributed by atoms with Crippen LogP contribution >= 0.6 is 0 Å². The molecule has 0 radical (unpaired) electrons. The third kappa shape index (κ3) is 11.3. The number of rotatable bonds is 9. The van der Waals surface area contributed by atoms with Gasteiger partial charge in [-0.3, -0.25) is 34.0 Å². The molecule has 18 heteroatoms. The van der Waals surface area contributed by atoms with Crippen molar-refractivity contribution < 1.29 is 52.4 Å². The van der Waals surface area contributed by atoms with Crippen LogP contribution in [0.5, 0.6) is 5.75 Å². The van der Waals surface area contributed by atoms with Gasteiger partial charge in [0.2, 0.25) is 11.8 Å². The molecule has 4 N–H and O–H groups in total. The zero-order chi connectivity index (χ0) is 50.8. The lowest BCUT2D eigenvalue weighted by molar-refractivity contribution is -0.155. The van der Waals surface area contributed by atoms with Crippen LogP contribution in [0, 0.1) is 29.1 Å². The molecule has 2 fully saturated rings. The summed E-state index contributed by atoms with van der Waals surface area (Å²) in [5.41, 5.74) is 9.12. The minimum atomic E-state index is -4.35. The molecule has 1 unspecified atom stereocenters. The van der Waals surface area contributed by atoms with Gasteiger partial charge in [0.1, 0.15) is 23.9 Å². The number of nitrogens with zero attached hydrogens (tertiary/aromatic N) is 5. The lowest BCUT2D eigenvalue weighted by atomic mass is 9.84. The van der Waals surface area contributed by atoms with E-state index in [-0.39, 0.29) is 50.9 Å². The number of likely N-dealkylation sites (tertiary alicyclic amines) is 1. The largest absolute Gasteiger partial charge is 0.508 e. The Labute approximate surface area is 406 Å². The van der Waals surface area contributed by atoms with Gasteiger partial charge in [0, 0.05) is 86.7 Å². The monoisotopic (exact) mass is 967 g/mol. The summed E-state index contributed by atoms with van der Waals surface area (Å²) >= 11 is 0. The first-order valence-corrected chi connectivity index (χ1v) is 23.8. The van der Waals surface area contributed by atoms with Crippen LogP contribution in [-0.2, 0) is 52.8 Å². The predicted octanol–water partition coefficient (Wildman–Crippen LogP) is 5.37. The molecule has 7 rings (SSSR count). The van der Waals surface area contributed by atoms with Crippen LogP contribution in [0.1, 0.15) is 83.7 Å². The molecule has 5 heterocycles. The van der Waals surface area contributed by atoms with E-state index in [4.69, 9.17) is 19.6 Å². The fraction of sp³-hybridized carbons (Fsp3) is 0.500. The van der Waals surface area contributed by atoms with E-state index in [0.717, 1.165) is 43.9 Å². The Morgan fingerprint density at radius 2 is 1.84 bits per heavy atom. The van der Waals surface area contributed by atoms with E-state index in [2.05, 4.69) is 34.4 Å². The Morgan fingerprint density at radius 3 is 2.54 bits per heavy atom. The van der Waals surface area contributed by atoms with Gasteiger partial charge in [-0.15, -0.1) is 0 Å². The van der Waals surface area contributed by atoms with Gasteiger partial charge in [-0.1, -0.05) is 39.8 Å². The zero-order valence-electron chi connectivity index (χ0n) is 41.0. The smallest absolute Gasteiger partial charge is 0.421 e. The summed E-state index contributed by atoms with van der Waals surface area (Å²) in [7, 11) is 3.10. The van der Waals surface area contributed by atoms with Gasteiger partial charge in [0.25, 0.3) is 11.8 Å². The second-order valence-electron chi connectivity index (χ2n) is 19.7. The highest BCUT2D eigenvalue weighted by molar-refractivity contribution is 5.97. The molecule has 2 aromatic carbocycles. The number of hydrogen-bond acceptors (Lipinski definition) is 11. The van der Waals surface area contributed by atoms with E-state index in [1.54, 1.807) is 39.1 Å². The maximum atomic E-state index is 14.7. The normalized spacial score (nSPS) is 20.5. The first-order chi connectivity index (χ1) is 33.1. The third-order valence-electron chi connectivity index (χ3n) is 13.5. The van der Waals surface area contributed by atoms with Crippen molar-refractivity contribution >= 4 is 40.5 Å². The van der Waals surface area contributed by atoms with Crippen LogP contribution in [0.15, 0.2) is 54.7 Å². The number of cyclic esters (lactones) is 1. The third-order valence-corrected chi connectivity index (χ3v) is 13.5. The summed E-state index contributed by atoms with van der Waals surface area (Å²) in [6, 6.07) is 11.9. The number of benzene rings is 2. The molecule has 70 heavy (non-hydrogen) atoms. The van der Waals surface area contributed by atoms with Gasteiger partial charge in [0.15, 0.2) is 0 Å². The summed E-state index contributed by atoms with van der Waals surface area (Å²) in [6.07, 6.45) is -1.47. The number of aromatic hydroxyl groups is 1. The van der Waals surface area contributed by atoms with Crippen molar-refractivity contribution in [3.8, 4) is 40.0 Å². The molecule has 16 nitrogen and oxygen atoms in total. The highest BCUT2D eigenvalue weighted by atomic mass is 19.3. The lowest BCUT2D eigenvalue weighted by Gasteiger charge is -2.37. The molecule has 0 spiro atoms. The number of pyridine rings is 1. The van der Waals surface area contributed by atoms with E-state index in [1.165, 1.54) is 28.9 Å². The van der Waals surface area contributed by atoms with Crippen molar-refractivity contribution in [2.24, 2.45) is 17.3 Å². The van der Waals surface area contributed by atoms with Crippen LogP contribution in [-0.4, -0.2) is 129 Å². The first-order valence-electron chi connectivity index (χ1n) is 23.8. The number of likely N-dealkylation sites (N-methyl/N-ethyl adjacent to an activating group) is 1. The molecule has 4 aromatic rings. The Kier molecular flexibility index (Phi) is 15.3. The number of carbonyl (C=O) groups excluding carboxylic acids is 5. The Bertz CT molecular complexity index is 2720. The summed E-state index contributed by atoms with van der Waals surface area (Å²) in [6.45, 7) is 12.4. The summed E-state index contributed by atoms with van der Waals surface area (Å²) in [5.74, 6) is -1.59. The van der Waals surface area contributed by atoms with Crippen LogP contribution in [0.25, 0.3) is 33.3 Å². The number of amides is 4. The number of fused-ring (bicyclic) bond motifs is 6. The number of ether oxygens (including phenoxy) is 2. The number of nitrogens with one attached hydrogen (secondary N) is 2. The highest BCUT2D eigenvalue weighted by Crippen LogP contribution is 2.42. The fourth-order valence-electron chi connectivity index (χ4n) is 10.0. The molecule has 0 aliphatic carbocycles. The minimum Gasteiger partial charge on any atom is -0.508 e. The van der Waals surface area contributed by atoms with E-state index >= 15 is 0 Å². The van der Waals surface area contributed by atoms with Crippen LogP contribution < -0.4 is 10.7 Å². The zero-order valence-corrected chi connectivity index (χ0v) is 41.0. The van der Waals surface area contributed by atoms with Crippen molar-refractivity contribution in [1.29, 1.82) is 0 Å². The molecule has 4 amide bonds. The SMILES string of the molecule is CCn1c(-c2cccnc2[C@H](C)OC)c2c3cc(ccc31)-c1cc(O)cc(c1)C[C@H](NC(=O)C(C(C)C)N(C)C(=O)[C@H]1CCN(C(=O)C#CC(O)(F)F)C1)C(=O)N1CCC[C@H](N1)C(=O)OCC(C)(C)C2. The second kappa shape index (κ2) is 20.9. The number of halogens is 2. The quantitative estimate of drug-likeness (QED) is 0.124. The van der Waals surface area contributed by atoms with Gasteiger partial charge < -0.3 is 39.4 Å². The predicted molar refractivity (Wildman–Crippen MR) is 256 cm³/mol. The van der Waals surface area contributed by atoms with Gasteiger partial charge >= 0.3 is 12.1 Å². The molecule has 3 aliphatic rings. The van der Waals surface area contributed by atoms with E-state index in [1.807, 2.05) is 45.0 Å². The summed E-state index contributed by atoms with van der Waals surface area (Å²) < 4.78 is 40.0. The Hall–Kier alpha value is -6.42. The molecule has 6 bridgehead atoms. The highest BCUT2D eigenvalue weighted by Gasteiger charge is 2.40. The molecule has 2 aromatic heterocycles. The maximum absolute atomic E-state index is 14.7. The van der Waals surface area contributed by atoms with Crippen molar-refractivity contribution in [1.82, 2.24) is 35.1 Å². The molecular formula is C52H63F2N7O9. The minimum absolute atomic E-state index is 0.0485. The van der Waals surface area contributed by atoms with E-state index in [9.17, 15) is 37.9 Å². The molecule has 374 valence electrons. The molecule has 0 saturated carbocycles.